The first-order valence-corrected chi connectivity index (χ1v) is 8.70. The Morgan fingerprint density at radius 2 is 1.64 bits per heavy atom. The molecule has 5 nitrogen and oxygen atoms in total. The van der Waals surface area contributed by atoms with Crippen LogP contribution in [0.4, 0.5) is 0 Å². The summed E-state index contributed by atoms with van der Waals surface area (Å²) in [5.74, 6) is -0.0271. The average Bonchev–Trinajstić information content (AvgIpc) is 3.03. The molecule has 6 heteroatoms. The Morgan fingerprint density at radius 3 is 2.32 bits per heavy atom. The van der Waals surface area contributed by atoms with Crippen LogP contribution in [0.25, 0.3) is 10.1 Å². The highest BCUT2D eigenvalue weighted by Crippen LogP contribution is 2.24. The van der Waals surface area contributed by atoms with Gasteiger partial charge in [0.2, 0.25) is 0 Å². The third kappa shape index (κ3) is 4.16. The summed E-state index contributed by atoms with van der Waals surface area (Å²) >= 11 is 1.38. The molecule has 0 bridgehead atoms. The largest absolute Gasteiger partial charge is 0.491 e. The van der Waals surface area contributed by atoms with Gasteiger partial charge in [0, 0.05) is 10.3 Å². The molecule has 0 saturated carbocycles. The van der Waals surface area contributed by atoms with Gasteiger partial charge in [0.25, 0.3) is 11.8 Å². The second kappa shape index (κ2) is 7.36. The zero-order chi connectivity index (χ0) is 17.8. The van der Waals surface area contributed by atoms with Gasteiger partial charge in [-0.25, -0.2) is 0 Å². The molecule has 0 radical (unpaired) electrons. The Morgan fingerprint density at radius 1 is 0.960 bits per heavy atom. The summed E-state index contributed by atoms with van der Waals surface area (Å²) in [7, 11) is 0. The Balaban J connectivity index is 1.60. The summed E-state index contributed by atoms with van der Waals surface area (Å²) < 4.78 is 6.56. The maximum atomic E-state index is 12.2. The highest BCUT2D eigenvalue weighted by Gasteiger charge is 2.12. The maximum Gasteiger partial charge on any atom is 0.279 e. The van der Waals surface area contributed by atoms with Crippen molar-refractivity contribution in [2.75, 3.05) is 0 Å². The van der Waals surface area contributed by atoms with Crippen molar-refractivity contribution < 1.29 is 14.3 Å². The van der Waals surface area contributed by atoms with Crippen LogP contribution in [-0.2, 0) is 0 Å². The normalized spacial score (nSPS) is 10.7. The molecular formula is C19H18N2O3S. The van der Waals surface area contributed by atoms with Gasteiger partial charge in [-0.15, -0.1) is 11.3 Å². The predicted molar refractivity (Wildman–Crippen MR) is 99.0 cm³/mol. The number of hydrogen-bond acceptors (Lipinski definition) is 4. The number of nitrogens with one attached hydrogen (secondary N) is 2. The Kier molecular flexibility index (Phi) is 5.00. The molecule has 0 atom stereocenters. The van der Waals surface area contributed by atoms with Crippen molar-refractivity contribution in [1.82, 2.24) is 10.9 Å². The first-order valence-electron chi connectivity index (χ1n) is 7.89. The van der Waals surface area contributed by atoms with Crippen molar-refractivity contribution in [1.29, 1.82) is 0 Å². The summed E-state index contributed by atoms with van der Waals surface area (Å²) in [6.45, 7) is 3.87. The highest BCUT2D eigenvalue weighted by atomic mass is 32.1. The molecule has 1 heterocycles. The van der Waals surface area contributed by atoms with E-state index in [9.17, 15) is 9.59 Å². The molecule has 2 aromatic carbocycles. The van der Waals surface area contributed by atoms with Crippen molar-refractivity contribution in [3.05, 3.63) is 65.0 Å². The minimum atomic E-state index is -0.384. The zero-order valence-corrected chi connectivity index (χ0v) is 14.7. The molecule has 0 aliphatic rings. The lowest BCUT2D eigenvalue weighted by Gasteiger charge is -2.10. The van der Waals surface area contributed by atoms with Crippen molar-refractivity contribution in [3.8, 4) is 5.75 Å². The second-order valence-corrected chi connectivity index (χ2v) is 6.83. The van der Waals surface area contributed by atoms with E-state index in [1.54, 1.807) is 30.3 Å². The minimum absolute atomic E-state index is 0.0697. The number of carbonyl (C=O) groups is 2. The molecule has 2 N–H and O–H groups in total. The van der Waals surface area contributed by atoms with Gasteiger partial charge in [-0.3, -0.25) is 20.4 Å². The third-order valence-electron chi connectivity index (χ3n) is 3.43. The molecule has 1 aromatic heterocycles. The fourth-order valence-corrected chi connectivity index (χ4v) is 3.26. The summed E-state index contributed by atoms with van der Waals surface area (Å²) in [6.07, 6.45) is 0.0697. The van der Waals surface area contributed by atoms with E-state index in [1.807, 2.05) is 38.1 Å². The van der Waals surface area contributed by atoms with Crippen LogP contribution >= 0.6 is 11.3 Å². The van der Waals surface area contributed by atoms with Crippen LogP contribution in [0.2, 0.25) is 0 Å². The maximum absolute atomic E-state index is 12.2. The molecule has 0 unspecified atom stereocenters. The SMILES string of the molecule is CC(C)Oc1ccc(C(=O)NNC(=O)c2cc3ccccc3s2)cc1. The summed E-state index contributed by atoms with van der Waals surface area (Å²) in [4.78, 5) is 24.9. The first kappa shape index (κ1) is 17.0. The fourth-order valence-electron chi connectivity index (χ4n) is 2.30. The molecule has 25 heavy (non-hydrogen) atoms. The predicted octanol–water partition coefficient (Wildman–Crippen LogP) is 3.76. The number of amides is 2. The van der Waals surface area contributed by atoms with E-state index in [0.717, 1.165) is 10.1 Å². The van der Waals surface area contributed by atoms with Crippen molar-refractivity contribution in [2.24, 2.45) is 0 Å². The van der Waals surface area contributed by atoms with Gasteiger partial charge < -0.3 is 4.74 Å². The van der Waals surface area contributed by atoms with E-state index in [-0.39, 0.29) is 17.9 Å². The van der Waals surface area contributed by atoms with Crippen LogP contribution in [-0.4, -0.2) is 17.9 Å². The molecule has 3 rings (SSSR count). The molecule has 0 aliphatic heterocycles. The highest BCUT2D eigenvalue weighted by molar-refractivity contribution is 7.20. The summed E-state index contributed by atoms with van der Waals surface area (Å²) in [6, 6.07) is 16.3. The van der Waals surface area contributed by atoms with Crippen molar-refractivity contribution in [3.63, 3.8) is 0 Å². The molecule has 3 aromatic rings. The Labute approximate surface area is 149 Å². The summed E-state index contributed by atoms with van der Waals surface area (Å²) in [5.41, 5.74) is 5.31. The van der Waals surface area contributed by atoms with Crippen LogP contribution in [0.1, 0.15) is 33.9 Å². The second-order valence-electron chi connectivity index (χ2n) is 5.75. The van der Waals surface area contributed by atoms with E-state index in [1.165, 1.54) is 11.3 Å². The molecule has 0 spiro atoms. The molecular weight excluding hydrogens is 336 g/mol. The molecule has 0 saturated heterocycles. The average molecular weight is 354 g/mol. The summed E-state index contributed by atoms with van der Waals surface area (Å²) in [5, 5.41) is 1.00. The van der Waals surface area contributed by atoms with Crippen LogP contribution in [0.3, 0.4) is 0 Å². The van der Waals surface area contributed by atoms with E-state index >= 15 is 0 Å². The Hall–Kier alpha value is -2.86. The number of thiophene rings is 1. The van der Waals surface area contributed by atoms with E-state index in [4.69, 9.17) is 4.74 Å². The molecule has 0 fully saturated rings. The monoisotopic (exact) mass is 354 g/mol. The van der Waals surface area contributed by atoms with Gasteiger partial charge in [0.05, 0.1) is 11.0 Å². The number of rotatable bonds is 4. The van der Waals surface area contributed by atoms with Crippen molar-refractivity contribution in [2.45, 2.75) is 20.0 Å². The van der Waals surface area contributed by atoms with Gasteiger partial charge in [0.1, 0.15) is 5.75 Å². The van der Waals surface area contributed by atoms with Gasteiger partial charge >= 0.3 is 0 Å². The lowest BCUT2D eigenvalue weighted by atomic mass is 10.2. The van der Waals surface area contributed by atoms with E-state index in [0.29, 0.717) is 16.2 Å². The fraction of sp³-hybridized carbons (Fsp3) is 0.158. The lowest BCUT2D eigenvalue weighted by molar-refractivity contribution is 0.0849. The number of ether oxygens (including phenoxy) is 1. The number of fused-ring (bicyclic) bond motifs is 1. The molecule has 2 amide bonds. The standard InChI is InChI=1S/C19H18N2O3S/c1-12(2)24-15-9-7-13(8-10-15)18(22)20-21-19(23)17-11-14-5-3-4-6-16(14)25-17/h3-12H,1-2H3,(H,20,22)(H,21,23). The van der Waals surface area contributed by atoms with Gasteiger partial charge in [-0.2, -0.15) is 0 Å². The van der Waals surface area contributed by atoms with Gasteiger partial charge in [-0.05, 0) is 55.6 Å². The van der Waals surface area contributed by atoms with Crippen LogP contribution in [0.15, 0.2) is 54.6 Å². The first-order chi connectivity index (χ1) is 12.0. The van der Waals surface area contributed by atoms with Crippen molar-refractivity contribution >= 4 is 33.2 Å². The quantitative estimate of drug-likeness (QED) is 0.701. The topological polar surface area (TPSA) is 67.4 Å². The zero-order valence-electron chi connectivity index (χ0n) is 13.9. The number of hydrogen-bond donors (Lipinski definition) is 2. The minimum Gasteiger partial charge on any atom is -0.491 e. The molecule has 0 aliphatic carbocycles. The number of hydrazine groups is 1. The third-order valence-corrected chi connectivity index (χ3v) is 4.54. The van der Waals surface area contributed by atoms with Gasteiger partial charge in [0.15, 0.2) is 0 Å². The Bertz CT molecular complexity index is 867. The molecule has 128 valence electrons. The van der Waals surface area contributed by atoms with Crippen LogP contribution in [0.5, 0.6) is 5.75 Å². The van der Waals surface area contributed by atoms with Gasteiger partial charge in [-0.1, -0.05) is 18.2 Å². The van der Waals surface area contributed by atoms with Crippen LogP contribution < -0.4 is 15.6 Å². The van der Waals surface area contributed by atoms with Crippen LogP contribution in [0, 0.1) is 0 Å². The number of carbonyl (C=O) groups excluding carboxylic acids is 2. The van der Waals surface area contributed by atoms with E-state index in [2.05, 4.69) is 10.9 Å². The number of benzene rings is 2. The van der Waals surface area contributed by atoms with E-state index < -0.39 is 0 Å². The smallest absolute Gasteiger partial charge is 0.279 e. The lowest BCUT2D eigenvalue weighted by Crippen LogP contribution is -2.41.